The zero-order valence-electron chi connectivity index (χ0n) is 7.05. The molecule has 70 valence electrons. The van der Waals surface area contributed by atoms with Crippen molar-refractivity contribution in [2.75, 3.05) is 0 Å². The highest BCUT2D eigenvalue weighted by atomic mass is 35.5. The summed E-state index contributed by atoms with van der Waals surface area (Å²) in [5.74, 6) is -1.68. The largest absolute Gasteiger partial charge is 0.369 e. The number of carbonyl (C=O) groups excluding carboxylic acids is 1. The van der Waals surface area contributed by atoms with E-state index in [9.17, 15) is 9.18 Å². The van der Waals surface area contributed by atoms with Crippen molar-refractivity contribution in [3.05, 3.63) is 34.6 Å². The van der Waals surface area contributed by atoms with Crippen molar-refractivity contribution in [2.45, 2.75) is 12.8 Å². The van der Waals surface area contributed by atoms with Gasteiger partial charge in [0.05, 0.1) is 5.92 Å². The van der Waals surface area contributed by atoms with Gasteiger partial charge < -0.3 is 5.73 Å². The third-order valence-electron chi connectivity index (χ3n) is 1.86. The normalized spacial score (nSPS) is 12.5. The van der Waals surface area contributed by atoms with Crippen molar-refractivity contribution < 1.29 is 9.18 Å². The second-order valence-corrected chi connectivity index (χ2v) is 3.23. The van der Waals surface area contributed by atoms with Crippen LogP contribution in [0, 0.1) is 5.82 Å². The van der Waals surface area contributed by atoms with Gasteiger partial charge in [-0.15, -0.1) is 0 Å². The van der Waals surface area contributed by atoms with Gasteiger partial charge in [-0.1, -0.05) is 17.7 Å². The van der Waals surface area contributed by atoms with Crippen molar-refractivity contribution in [1.82, 2.24) is 0 Å². The SMILES string of the molecule is CC(C(N)=O)c1ccc(Cl)cc1F. The van der Waals surface area contributed by atoms with Crippen LogP contribution in [0.25, 0.3) is 0 Å². The number of hydrogen-bond acceptors (Lipinski definition) is 1. The Balaban J connectivity index is 3.08. The van der Waals surface area contributed by atoms with Gasteiger partial charge in [0.25, 0.3) is 0 Å². The quantitative estimate of drug-likeness (QED) is 0.782. The van der Waals surface area contributed by atoms with Gasteiger partial charge in [0.15, 0.2) is 0 Å². The first-order valence-electron chi connectivity index (χ1n) is 3.76. The summed E-state index contributed by atoms with van der Waals surface area (Å²) in [5.41, 5.74) is 5.31. The van der Waals surface area contributed by atoms with Crippen LogP contribution in [0.1, 0.15) is 18.4 Å². The van der Waals surface area contributed by atoms with Gasteiger partial charge in [-0.3, -0.25) is 4.79 Å². The molecule has 0 saturated carbocycles. The molecule has 1 atom stereocenters. The standard InChI is InChI=1S/C9H9ClFNO/c1-5(9(12)13)7-3-2-6(10)4-8(7)11/h2-5H,1H3,(H2,12,13). The van der Waals surface area contributed by atoms with Gasteiger partial charge in [0.1, 0.15) is 5.82 Å². The summed E-state index contributed by atoms with van der Waals surface area (Å²) in [7, 11) is 0. The summed E-state index contributed by atoms with van der Waals surface area (Å²) < 4.78 is 13.2. The maximum atomic E-state index is 13.2. The smallest absolute Gasteiger partial charge is 0.224 e. The van der Waals surface area contributed by atoms with E-state index in [2.05, 4.69) is 0 Å². The minimum absolute atomic E-state index is 0.275. The molecule has 1 aromatic rings. The van der Waals surface area contributed by atoms with E-state index in [1.165, 1.54) is 12.1 Å². The molecule has 1 amide bonds. The van der Waals surface area contributed by atoms with Crippen LogP contribution >= 0.6 is 11.6 Å². The second kappa shape index (κ2) is 3.75. The van der Waals surface area contributed by atoms with Gasteiger partial charge in [-0.05, 0) is 19.1 Å². The molecule has 0 spiro atoms. The van der Waals surface area contributed by atoms with Crippen molar-refractivity contribution in [1.29, 1.82) is 0 Å². The van der Waals surface area contributed by atoms with E-state index in [1.54, 1.807) is 6.92 Å². The molecule has 0 saturated heterocycles. The lowest BCUT2D eigenvalue weighted by Crippen LogP contribution is -2.19. The Morgan fingerprint density at radius 2 is 2.23 bits per heavy atom. The lowest BCUT2D eigenvalue weighted by Gasteiger charge is -2.08. The Labute approximate surface area is 80.5 Å². The highest BCUT2D eigenvalue weighted by Gasteiger charge is 2.15. The van der Waals surface area contributed by atoms with Crippen molar-refractivity contribution >= 4 is 17.5 Å². The predicted octanol–water partition coefficient (Wildman–Crippen LogP) is 2.07. The van der Waals surface area contributed by atoms with Crippen LogP contribution in [0.4, 0.5) is 4.39 Å². The summed E-state index contributed by atoms with van der Waals surface area (Å²) in [5, 5.41) is 0.304. The zero-order chi connectivity index (χ0) is 10.0. The molecule has 13 heavy (non-hydrogen) atoms. The highest BCUT2D eigenvalue weighted by Crippen LogP contribution is 2.21. The molecule has 4 heteroatoms. The van der Waals surface area contributed by atoms with Crippen molar-refractivity contribution in [3.8, 4) is 0 Å². The van der Waals surface area contributed by atoms with Crippen LogP contribution in [0.5, 0.6) is 0 Å². The van der Waals surface area contributed by atoms with Gasteiger partial charge in [0.2, 0.25) is 5.91 Å². The summed E-state index contributed by atoms with van der Waals surface area (Å²) >= 11 is 5.55. The van der Waals surface area contributed by atoms with Crippen LogP contribution in [0.15, 0.2) is 18.2 Å². The first kappa shape index (κ1) is 9.99. The van der Waals surface area contributed by atoms with E-state index >= 15 is 0 Å². The van der Waals surface area contributed by atoms with Gasteiger partial charge in [-0.2, -0.15) is 0 Å². The molecule has 2 N–H and O–H groups in total. The number of nitrogens with two attached hydrogens (primary N) is 1. The Hall–Kier alpha value is -1.09. The lowest BCUT2D eigenvalue weighted by molar-refractivity contribution is -0.119. The molecule has 2 nitrogen and oxygen atoms in total. The van der Waals surface area contributed by atoms with Crippen LogP contribution in [0.3, 0.4) is 0 Å². The summed E-state index contributed by atoms with van der Waals surface area (Å²) in [6.45, 7) is 1.55. The maximum Gasteiger partial charge on any atom is 0.224 e. The average Bonchev–Trinajstić information content (AvgIpc) is 2.03. The molecule has 0 aromatic heterocycles. The Morgan fingerprint density at radius 3 is 2.69 bits per heavy atom. The van der Waals surface area contributed by atoms with E-state index in [-0.39, 0.29) is 5.56 Å². The Kier molecular flexibility index (Phi) is 2.88. The number of carbonyl (C=O) groups is 1. The fourth-order valence-corrected chi connectivity index (χ4v) is 1.16. The van der Waals surface area contributed by atoms with E-state index in [0.29, 0.717) is 5.02 Å². The second-order valence-electron chi connectivity index (χ2n) is 2.79. The monoisotopic (exact) mass is 201 g/mol. The zero-order valence-corrected chi connectivity index (χ0v) is 7.81. The van der Waals surface area contributed by atoms with Crippen LogP contribution < -0.4 is 5.73 Å². The van der Waals surface area contributed by atoms with Gasteiger partial charge >= 0.3 is 0 Å². The molecular formula is C9H9ClFNO. The van der Waals surface area contributed by atoms with E-state index < -0.39 is 17.6 Å². The Bertz CT molecular complexity index is 340. The topological polar surface area (TPSA) is 43.1 Å². The fourth-order valence-electron chi connectivity index (χ4n) is 1.01. The number of halogens is 2. The van der Waals surface area contributed by atoms with E-state index in [1.807, 2.05) is 0 Å². The number of benzene rings is 1. The van der Waals surface area contributed by atoms with E-state index in [4.69, 9.17) is 17.3 Å². The van der Waals surface area contributed by atoms with Crippen LogP contribution in [0.2, 0.25) is 5.02 Å². The van der Waals surface area contributed by atoms with Crippen molar-refractivity contribution in [2.24, 2.45) is 5.73 Å². The molecule has 1 unspecified atom stereocenters. The average molecular weight is 202 g/mol. The molecule has 0 bridgehead atoms. The Morgan fingerprint density at radius 1 is 1.62 bits per heavy atom. The predicted molar refractivity (Wildman–Crippen MR) is 49.0 cm³/mol. The number of hydrogen-bond donors (Lipinski definition) is 1. The maximum absolute atomic E-state index is 13.2. The highest BCUT2D eigenvalue weighted by molar-refractivity contribution is 6.30. The summed E-state index contributed by atoms with van der Waals surface area (Å²) in [6, 6.07) is 4.16. The number of amides is 1. The molecule has 0 aliphatic rings. The first-order chi connectivity index (χ1) is 6.02. The summed E-state index contributed by atoms with van der Waals surface area (Å²) in [6.07, 6.45) is 0. The van der Waals surface area contributed by atoms with Crippen LogP contribution in [-0.4, -0.2) is 5.91 Å². The minimum atomic E-state index is -0.628. The third-order valence-corrected chi connectivity index (χ3v) is 2.09. The van der Waals surface area contributed by atoms with Crippen LogP contribution in [-0.2, 0) is 4.79 Å². The van der Waals surface area contributed by atoms with Gasteiger partial charge in [-0.25, -0.2) is 4.39 Å². The molecule has 0 radical (unpaired) electrons. The third kappa shape index (κ3) is 2.18. The molecule has 0 aliphatic carbocycles. The summed E-state index contributed by atoms with van der Waals surface area (Å²) in [4.78, 5) is 10.8. The molecule has 0 heterocycles. The molecule has 1 rings (SSSR count). The molecular weight excluding hydrogens is 193 g/mol. The lowest BCUT2D eigenvalue weighted by atomic mass is 10.0. The van der Waals surface area contributed by atoms with Crippen molar-refractivity contribution in [3.63, 3.8) is 0 Å². The minimum Gasteiger partial charge on any atom is -0.369 e. The van der Waals surface area contributed by atoms with E-state index in [0.717, 1.165) is 6.07 Å². The van der Waals surface area contributed by atoms with Gasteiger partial charge in [0, 0.05) is 10.6 Å². The molecule has 1 aromatic carbocycles. The molecule has 0 fully saturated rings. The molecule has 0 aliphatic heterocycles. The number of rotatable bonds is 2. The number of primary amides is 1. The first-order valence-corrected chi connectivity index (χ1v) is 4.14. The fraction of sp³-hybridized carbons (Fsp3) is 0.222.